The standard InChI is InChI=1S/C25H29N3O5S/c29-22(12-13-23(30)33-16-14-18-5-2-1-3-6-18)28-25(34)27-20-10-8-19(9-11-20)24(31)26-17-21-7-4-15-32-21/h1-3,5-6,8-11,21H,4,7,12-17H2,(H,26,31)(H2,27,28,29,34). The Morgan fingerprint density at radius 2 is 1.79 bits per heavy atom. The van der Waals surface area contributed by atoms with E-state index in [0.717, 1.165) is 25.0 Å². The van der Waals surface area contributed by atoms with Gasteiger partial charge in [-0.15, -0.1) is 0 Å². The third-order valence-corrected chi connectivity index (χ3v) is 5.43. The summed E-state index contributed by atoms with van der Waals surface area (Å²) in [5, 5.41) is 8.40. The van der Waals surface area contributed by atoms with Gasteiger partial charge >= 0.3 is 5.97 Å². The average Bonchev–Trinajstić information content (AvgIpc) is 3.36. The first-order valence-electron chi connectivity index (χ1n) is 11.3. The summed E-state index contributed by atoms with van der Waals surface area (Å²) in [6, 6.07) is 16.4. The van der Waals surface area contributed by atoms with E-state index in [1.807, 2.05) is 30.3 Å². The fourth-order valence-corrected chi connectivity index (χ4v) is 3.62. The van der Waals surface area contributed by atoms with Crippen LogP contribution < -0.4 is 16.0 Å². The lowest BCUT2D eigenvalue weighted by molar-refractivity contribution is -0.144. The SMILES string of the molecule is O=C(CCC(=O)OCCc1ccccc1)NC(=S)Nc1ccc(C(=O)NCC2CCCO2)cc1. The molecule has 180 valence electrons. The first kappa shape index (κ1) is 25.3. The molecule has 1 fully saturated rings. The molecule has 34 heavy (non-hydrogen) atoms. The molecule has 1 unspecified atom stereocenters. The summed E-state index contributed by atoms with van der Waals surface area (Å²) < 4.78 is 10.7. The monoisotopic (exact) mass is 483 g/mol. The number of carbonyl (C=O) groups excluding carboxylic acids is 3. The van der Waals surface area contributed by atoms with E-state index in [4.69, 9.17) is 21.7 Å². The lowest BCUT2D eigenvalue weighted by Crippen LogP contribution is -2.34. The van der Waals surface area contributed by atoms with E-state index in [9.17, 15) is 14.4 Å². The van der Waals surface area contributed by atoms with Crippen molar-refractivity contribution in [2.24, 2.45) is 0 Å². The van der Waals surface area contributed by atoms with Gasteiger partial charge in [0.25, 0.3) is 5.91 Å². The fraction of sp³-hybridized carbons (Fsp3) is 0.360. The van der Waals surface area contributed by atoms with Gasteiger partial charge in [0.2, 0.25) is 5.91 Å². The molecule has 0 aliphatic carbocycles. The number of thiocarbonyl (C=S) groups is 1. The Kier molecular flexibility index (Phi) is 9.99. The maximum Gasteiger partial charge on any atom is 0.306 e. The zero-order chi connectivity index (χ0) is 24.2. The molecule has 0 bridgehead atoms. The topological polar surface area (TPSA) is 106 Å². The van der Waals surface area contributed by atoms with Crippen LogP contribution >= 0.6 is 12.2 Å². The molecule has 1 saturated heterocycles. The second-order valence-corrected chi connectivity index (χ2v) is 8.29. The van der Waals surface area contributed by atoms with E-state index in [1.165, 1.54) is 0 Å². The summed E-state index contributed by atoms with van der Waals surface area (Å²) in [5.74, 6) is -0.991. The highest BCUT2D eigenvalue weighted by Crippen LogP contribution is 2.12. The Labute approximate surface area is 204 Å². The highest BCUT2D eigenvalue weighted by atomic mass is 32.1. The van der Waals surface area contributed by atoms with Crippen molar-refractivity contribution >= 4 is 40.8 Å². The number of rotatable bonds is 10. The number of carbonyl (C=O) groups is 3. The molecule has 0 spiro atoms. The summed E-state index contributed by atoms with van der Waals surface area (Å²) in [7, 11) is 0. The van der Waals surface area contributed by atoms with Crippen molar-refractivity contribution in [2.75, 3.05) is 25.1 Å². The molecule has 1 aliphatic heterocycles. The maximum atomic E-state index is 12.2. The second kappa shape index (κ2) is 13.4. The first-order valence-corrected chi connectivity index (χ1v) is 11.7. The molecule has 8 nitrogen and oxygen atoms in total. The van der Waals surface area contributed by atoms with Crippen LogP contribution in [-0.2, 0) is 25.5 Å². The highest BCUT2D eigenvalue weighted by Gasteiger charge is 2.16. The third-order valence-electron chi connectivity index (χ3n) is 5.22. The molecule has 1 atom stereocenters. The lowest BCUT2D eigenvalue weighted by Gasteiger charge is -2.12. The average molecular weight is 484 g/mol. The Hall–Kier alpha value is -3.30. The van der Waals surface area contributed by atoms with Crippen LogP contribution in [0.4, 0.5) is 5.69 Å². The number of amides is 2. The summed E-state index contributed by atoms with van der Waals surface area (Å²) in [6.45, 7) is 1.51. The molecule has 0 radical (unpaired) electrons. The molecule has 0 saturated carbocycles. The first-order chi connectivity index (χ1) is 16.5. The van der Waals surface area contributed by atoms with E-state index in [1.54, 1.807) is 24.3 Å². The van der Waals surface area contributed by atoms with Crippen molar-refractivity contribution in [1.82, 2.24) is 10.6 Å². The molecule has 2 aromatic rings. The van der Waals surface area contributed by atoms with Gasteiger partial charge in [0.05, 0.1) is 19.1 Å². The largest absolute Gasteiger partial charge is 0.465 e. The minimum atomic E-state index is -0.432. The van der Waals surface area contributed by atoms with Gasteiger partial charge in [-0.05, 0) is 54.9 Å². The number of anilines is 1. The molecule has 1 aliphatic rings. The number of nitrogens with one attached hydrogen (secondary N) is 3. The van der Waals surface area contributed by atoms with Gasteiger partial charge in [0.15, 0.2) is 5.11 Å². The van der Waals surface area contributed by atoms with Crippen molar-refractivity contribution in [2.45, 2.75) is 38.2 Å². The van der Waals surface area contributed by atoms with Gasteiger partial charge in [-0.1, -0.05) is 30.3 Å². The van der Waals surface area contributed by atoms with Gasteiger partial charge in [-0.2, -0.15) is 0 Å². The molecular formula is C25H29N3O5S. The van der Waals surface area contributed by atoms with Crippen LogP contribution in [0.2, 0.25) is 0 Å². The van der Waals surface area contributed by atoms with Crippen molar-refractivity contribution in [1.29, 1.82) is 0 Å². The Morgan fingerprint density at radius 1 is 1.03 bits per heavy atom. The van der Waals surface area contributed by atoms with Gasteiger partial charge < -0.3 is 25.4 Å². The molecule has 3 rings (SSSR count). The third kappa shape index (κ3) is 8.92. The number of ether oxygens (including phenoxy) is 2. The lowest BCUT2D eigenvalue weighted by atomic mass is 10.2. The van der Waals surface area contributed by atoms with E-state index < -0.39 is 5.97 Å². The van der Waals surface area contributed by atoms with Crippen molar-refractivity contribution in [3.05, 3.63) is 65.7 Å². The molecule has 9 heteroatoms. The zero-order valence-corrected chi connectivity index (χ0v) is 19.7. The molecule has 0 aromatic heterocycles. The molecule has 2 amide bonds. The fourth-order valence-electron chi connectivity index (χ4n) is 3.39. The highest BCUT2D eigenvalue weighted by molar-refractivity contribution is 7.80. The van der Waals surface area contributed by atoms with Gasteiger partial charge in [0, 0.05) is 37.2 Å². The predicted molar refractivity (Wildman–Crippen MR) is 132 cm³/mol. The molecule has 1 heterocycles. The summed E-state index contributed by atoms with van der Waals surface area (Å²) in [5.41, 5.74) is 2.22. The van der Waals surface area contributed by atoms with E-state index >= 15 is 0 Å². The number of hydrogen-bond donors (Lipinski definition) is 3. The summed E-state index contributed by atoms with van der Waals surface area (Å²) in [4.78, 5) is 36.1. The van der Waals surface area contributed by atoms with Crippen LogP contribution in [-0.4, -0.2) is 48.8 Å². The summed E-state index contributed by atoms with van der Waals surface area (Å²) in [6.07, 6.45) is 2.64. The Bertz CT molecular complexity index is 976. The van der Waals surface area contributed by atoms with Crippen LogP contribution in [0.15, 0.2) is 54.6 Å². The second-order valence-electron chi connectivity index (χ2n) is 7.88. The smallest absolute Gasteiger partial charge is 0.306 e. The van der Waals surface area contributed by atoms with Crippen LogP contribution in [0.3, 0.4) is 0 Å². The van der Waals surface area contributed by atoms with E-state index in [2.05, 4.69) is 16.0 Å². The van der Waals surface area contributed by atoms with Crippen LogP contribution in [0.1, 0.15) is 41.6 Å². The van der Waals surface area contributed by atoms with Crippen molar-refractivity contribution in [3.8, 4) is 0 Å². The van der Waals surface area contributed by atoms with Gasteiger partial charge in [-0.25, -0.2) is 0 Å². The number of hydrogen-bond acceptors (Lipinski definition) is 6. The summed E-state index contributed by atoms with van der Waals surface area (Å²) >= 11 is 5.15. The van der Waals surface area contributed by atoms with Crippen molar-refractivity contribution < 1.29 is 23.9 Å². The quantitative estimate of drug-likeness (QED) is 0.352. The van der Waals surface area contributed by atoms with Gasteiger partial charge in [0.1, 0.15) is 0 Å². The Morgan fingerprint density at radius 3 is 2.50 bits per heavy atom. The maximum absolute atomic E-state index is 12.2. The predicted octanol–water partition coefficient (Wildman–Crippen LogP) is 2.97. The zero-order valence-electron chi connectivity index (χ0n) is 18.9. The normalized spacial score (nSPS) is 14.8. The Balaban J connectivity index is 1.31. The van der Waals surface area contributed by atoms with Crippen molar-refractivity contribution in [3.63, 3.8) is 0 Å². The van der Waals surface area contributed by atoms with Gasteiger partial charge in [-0.3, -0.25) is 14.4 Å². The number of benzene rings is 2. The molecular weight excluding hydrogens is 454 g/mol. The minimum absolute atomic E-state index is 0.0288. The molecule has 3 N–H and O–H groups in total. The van der Waals surface area contributed by atoms with E-state index in [0.29, 0.717) is 24.2 Å². The molecule has 2 aromatic carbocycles. The van der Waals surface area contributed by atoms with Crippen LogP contribution in [0, 0.1) is 0 Å². The van der Waals surface area contributed by atoms with Crippen LogP contribution in [0.5, 0.6) is 0 Å². The minimum Gasteiger partial charge on any atom is -0.465 e. The number of esters is 1. The van der Waals surface area contributed by atoms with E-state index in [-0.39, 0.29) is 42.5 Å². The van der Waals surface area contributed by atoms with Crippen LogP contribution in [0.25, 0.3) is 0 Å².